The van der Waals surface area contributed by atoms with Gasteiger partial charge in [-0.1, -0.05) is 31.4 Å². The summed E-state index contributed by atoms with van der Waals surface area (Å²) in [6.07, 6.45) is 5.04. The molecule has 6 nitrogen and oxygen atoms in total. The molecule has 0 radical (unpaired) electrons. The van der Waals surface area contributed by atoms with Crippen LogP contribution < -0.4 is 5.32 Å². The highest BCUT2D eigenvalue weighted by molar-refractivity contribution is 6.29. The lowest BCUT2D eigenvalue weighted by Crippen LogP contribution is -2.38. The van der Waals surface area contributed by atoms with E-state index in [-0.39, 0.29) is 22.4 Å². The summed E-state index contributed by atoms with van der Waals surface area (Å²) in [5, 5.41) is 13.8. The molecule has 2 rings (SSSR count). The van der Waals surface area contributed by atoms with E-state index in [1.54, 1.807) is 0 Å². The average Bonchev–Trinajstić information content (AvgIpc) is 2.38. The molecule has 1 aliphatic carbocycles. The fourth-order valence-corrected chi connectivity index (χ4v) is 2.74. The Labute approximate surface area is 121 Å². The zero-order chi connectivity index (χ0) is 14.7. The van der Waals surface area contributed by atoms with E-state index in [9.17, 15) is 14.9 Å². The first-order valence-corrected chi connectivity index (χ1v) is 6.96. The summed E-state index contributed by atoms with van der Waals surface area (Å²) in [6.45, 7) is 2.14. The van der Waals surface area contributed by atoms with Crippen LogP contribution in [0.25, 0.3) is 0 Å². The Bertz CT molecular complexity index is 536. The predicted octanol–water partition coefficient (Wildman–Crippen LogP) is 2.95. The third-order valence-corrected chi connectivity index (χ3v) is 3.77. The van der Waals surface area contributed by atoms with E-state index in [1.807, 2.05) is 0 Å². The molecule has 20 heavy (non-hydrogen) atoms. The van der Waals surface area contributed by atoms with Crippen molar-refractivity contribution in [2.75, 3.05) is 0 Å². The molecule has 1 aromatic rings. The van der Waals surface area contributed by atoms with Gasteiger partial charge in [0.25, 0.3) is 11.6 Å². The lowest BCUT2D eigenvalue weighted by molar-refractivity contribution is -0.385. The second kappa shape index (κ2) is 6.17. The molecule has 1 fully saturated rings. The van der Waals surface area contributed by atoms with Gasteiger partial charge in [-0.2, -0.15) is 0 Å². The number of pyridine rings is 1. The molecule has 1 N–H and O–H groups in total. The smallest absolute Gasteiger partial charge is 0.300 e. The summed E-state index contributed by atoms with van der Waals surface area (Å²) in [5.41, 5.74) is -0.357. The van der Waals surface area contributed by atoms with Gasteiger partial charge in [0.15, 0.2) is 0 Å². The van der Waals surface area contributed by atoms with Gasteiger partial charge in [0.1, 0.15) is 16.9 Å². The number of aromatic nitrogens is 1. The number of hydrogen-bond donors (Lipinski definition) is 1. The van der Waals surface area contributed by atoms with Crippen molar-refractivity contribution in [2.45, 2.75) is 38.6 Å². The van der Waals surface area contributed by atoms with Gasteiger partial charge in [0, 0.05) is 6.04 Å². The standard InChI is InChI=1S/C13H16ClN3O3/c1-8-3-2-4-9(5-8)16-13(18)10-6-12(14)15-7-11(10)17(19)20/h6-9H,2-5H2,1H3,(H,16,18). The number of halogens is 1. The third-order valence-electron chi connectivity index (χ3n) is 3.56. The fraction of sp³-hybridized carbons (Fsp3) is 0.538. The van der Waals surface area contributed by atoms with Gasteiger partial charge < -0.3 is 5.32 Å². The number of nitrogens with one attached hydrogen (secondary N) is 1. The summed E-state index contributed by atoms with van der Waals surface area (Å²) < 4.78 is 0. The molecule has 0 aliphatic heterocycles. The maximum atomic E-state index is 12.2. The molecule has 0 spiro atoms. The molecule has 0 bridgehead atoms. The van der Waals surface area contributed by atoms with Crippen molar-refractivity contribution in [1.29, 1.82) is 0 Å². The molecule has 1 amide bonds. The summed E-state index contributed by atoms with van der Waals surface area (Å²) in [5.74, 6) is 0.102. The third kappa shape index (κ3) is 3.45. The summed E-state index contributed by atoms with van der Waals surface area (Å²) in [6, 6.07) is 1.30. The first-order valence-electron chi connectivity index (χ1n) is 6.58. The first kappa shape index (κ1) is 14.7. The summed E-state index contributed by atoms with van der Waals surface area (Å²) >= 11 is 5.72. The molecule has 2 unspecified atom stereocenters. The first-order chi connectivity index (χ1) is 9.47. The zero-order valence-corrected chi connectivity index (χ0v) is 11.9. The van der Waals surface area contributed by atoms with Crippen molar-refractivity contribution in [3.63, 3.8) is 0 Å². The fourth-order valence-electron chi connectivity index (χ4n) is 2.58. The Hall–Kier alpha value is -1.69. The highest BCUT2D eigenvalue weighted by Gasteiger charge is 2.25. The molecule has 0 aromatic carbocycles. The van der Waals surface area contributed by atoms with Gasteiger partial charge in [0.05, 0.1) is 4.92 Å². The van der Waals surface area contributed by atoms with Gasteiger partial charge in [-0.3, -0.25) is 14.9 Å². The zero-order valence-electron chi connectivity index (χ0n) is 11.1. The molecule has 1 aromatic heterocycles. The van der Waals surface area contributed by atoms with Crippen molar-refractivity contribution in [3.8, 4) is 0 Å². The largest absolute Gasteiger partial charge is 0.349 e. The number of rotatable bonds is 3. The molecule has 0 saturated heterocycles. The van der Waals surface area contributed by atoms with Gasteiger partial charge >= 0.3 is 0 Å². The van der Waals surface area contributed by atoms with E-state index in [1.165, 1.54) is 6.07 Å². The van der Waals surface area contributed by atoms with Crippen molar-refractivity contribution in [3.05, 3.63) is 33.1 Å². The highest BCUT2D eigenvalue weighted by atomic mass is 35.5. The number of carbonyl (C=O) groups excluding carboxylic acids is 1. The number of carbonyl (C=O) groups is 1. The second-order valence-corrected chi connectivity index (χ2v) is 5.61. The van der Waals surface area contributed by atoms with E-state index in [4.69, 9.17) is 11.6 Å². The maximum absolute atomic E-state index is 12.2. The monoisotopic (exact) mass is 297 g/mol. The van der Waals surface area contributed by atoms with Crippen LogP contribution in [0.1, 0.15) is 43.0 Å². The number of nitro groups is 1. The molecule has 1 aliphatic rings. The topological polar surface area (TPSA) is 85.1 Å². The Balaban J connectivity index is 2.16. The van der Waals surface area contributed by atoms with E-state index in [2.05, 4.69) is 17.2 Å². The minimum absolute atomic E-state index is 0.0340. The van der Waals surface area contributed by atoms with Crippen LogP contribution in [0.2, 0.25) is 5.15 Å². The van der Waals surface area contributed by atoms with Gasteiger partial charge in [-0.15, -0.1) is 0 Å². The van der Waals surface area contributed by atoms with E-state index in [0.717, 1.165) is 31.9 Å². The molecule has 108 valence electrons. The van der Waals surface area contributed by atoms with E-state index >= 15 is 0 Å². The van der Waals surface area contributed by atoms with Crippen LogP contribution in [0.3, 0.4) is 0 Å². The Morgan fingerprint density at radius 2 is 2.30 bits per heavy atom. The molecular formula is C13H16ClN3O3. The summed E-state index contributed by atoms with van der Waals surface area (Å²) in [7, 11) is 0. The van der Waals surface area contributed by atoms with Crippen molar-refractivity contribution in [2.24, 2.45) is 5.92 Å². The Morgan fingerprint density at radius 3 is 2.95 bits per heavy atom. The SMILES string of the molecule is CC1CCCC(NC(=O)c2cc(Cl)ncc2[N+](=O)[O-])C1. The van der Waals surface area contributed by atoms with Crippen LogP contribution >= 0.6 is 11.6 Å². The lowest BCUT2D eigenvalue weighted by atomic mass is 9.87. The van der Waals surface area contributed by atoms with Crippen molar-refractivity contribution >= 4 is 23.2 Å². The van der Waals surface area contributed by atoms with E-state index in [0.29, 0.717) is 5.92 Å². The Morgan fingerprint density at radius 1 is 1.55 bits per heavy atom. The average molecular weight is 298 g/mol. The number of nitrogens with zero attached hydrogens (tertiary/aromatic N) is 2. The summed E-state index contributed by atoms with van der Waals surface area (Å²) in [4.78, 5) is 26.1. The van der Waals surface area contributed by atoms with Crippen LogP contribution in [-0.4, -0.2) is 21.9 Å². The minimum Gasteiger partial charge on any atom is -0.349 e. The normalized spacial score (nSPS) is 22.3. The molecule has 7 heteroatoms. The number of hydrogen-bond acceptors (Lipinski definition) is 4. The quantitative estimate of drug-likeness (QED) is 0.528. The van der Waals surface area contributed by atoms with Crippen LogP contribution in [0.15, 0.2) is 12.3 Å². The van der Waals surface area contributed by atoms with Gasteiger partial charge in [0.2, 0.25) is 0 Å². The molecular weight excluding hydrogens is 282 g/mol. The maximum Gasteiger partial charge on any atom is 0.300 e. The van der Waals surface area contributed by atoms with Gasteiger partial charge in [-0.25, -0.2) is 4.98 Å². The highest BCUT2D eigenvalue weighted by Crippen LogP contribution is 2.25. The van der Waals surface area contributed by atoms with Crippen molar-refractivity contribution in [1.82, 2.24) is 10.3 Å². The predicted molar refractivity (Wildman–Crippen MR) is 74.8 cm³/mol. The molecule has 1 saturated carbocycles. The van der Waals surface area contributed by atoms with E-state index < -0.39 is 10.8 Å². The number of amides is 1. The van der Waals surface area contributed by atoms with Crippen LogP contribution in [0.4, 0.5) is 5.69 Å². The second-order valence-electron chi connectivity index (χ2n) is 5.22. The molecule has 2 atom stereocenters. The van der Waals surface area contributed by atoms with Crippen molar-refractivity contribution < 1.29 is 9.72 Å². The Kier molecular flexibility index (Phi) is 4.54. The van der Waals surface area contributed by atoms with Crippen LogP contribution in [0.5, 0.6) is 0 Å². The van der Waals surface area contributed by atoms with Crippen LogP contribution in [-0.2, 0) is 0 Å². The molecule has 1 heterocycles. The van der Waals surface area contributed by atoms with Crippen LogP contribution in [0, 0.1) is 16.0 Å². The minimum atomic E-state index is -0.623. The van der Waals surface area contributed by atoms with Gasteiger partial charge in [-0.05, 0) is 24.8 Å². The lowest BCUT2D eigenvalue weighted by Gasteiger charge is -2.27.